The van der Waals surface area contributed by atoms with Gasteiger partial charge in [-0.2, -0.15) is 0 Å². The Balaban J connectivity index is 0. The molecule has 0 bridgehead atoms. The summed E-state index contributed by atoms with van der Waals surface area (Å²) in [4.78, 5) is 16.6. The maximum Gasteiger partial charge on any atom is 0.409 e. The molecule has 0 fully saturated rings. The van der Waals surface area contributed by atoms with E-state index in [9.17, 15) is 9.18 Å². The van der Waals surface area contributed by atoms with Crippen molar-refractivity contribution in [2.24, 2.45) is 0 Å². The highest BCUT2D eigenvalue weighted by Crippen LogP contribution is 1.94. The molecule has 122 valence electrons. The van der Waals surface area contributed by atoms with E-state index in [1.54, 1.807) is 25.8 Å². The van der Waals surface area contributed by atoms with Crippen LogP contribution in [0.4, 0.5) is 9.18 Å². The van der Waals surface area contributed by atoms with E-state index >= 15 is 0 Å². The lowest BCUT2D eigenvalue weighted by atomic mass is 10.3. The second kappa shape index (κ2) is 13.1. The summed E-state index contributed by atoms with van der Waals surface area (Å²) < 4.78 is 16.8. The number of nitrogens with zero attached hydrogens (tertiary/aromatic N) is 3. The predicted molar refractivity (Wildman–Crippen MR) is 81.9 cm³/mol. The molecule has 0 spiro atoms. The number of hydrogen-bond acceptors (Lipinski definition) is 4. The van der Waals surface area contributed by atoms with Crippen LogP contribution in [-0.4, -0.2) is 88.4 Å². The summed E-state index contributed by atoms with van der Waals surface area (Å²) in [7, 11) is 9.57. The van der Waals surface area contributed by atoms with Crippen molar-refractivity contribution in [3.63, 3.8) is 0 Å². The minimum atomic E-state index is -0.655. The Labute approximate surface area is 123 Å². The van der Waals surface area contributed by atoms with E-state index in [-0.39, 0.29) is 6.09 Å². The molecule has 0 heterocycles. The molecule has 0 radical (unpaired) electrons. The Morgan fingerprint density at radius 2 is 1.55 bits per heavy atom. The molecule has 0 aliphatic carbocycles. The molecule has 0 aliphatic heterocycles. The highest BCUT2D eigenvalue weighted by molar-refractivity contribution is 5.67. The number of likely N-dealkylation sites (N-methyl/N-ethyl adjacent to an activating group) is 2. The summed E-state index contributed by atoms with van der Waals surface area (Å²) in [5.74, 6) is 0. The third-order valence-corrected chi connectivity index (χ3v) is 2.44. The fourth-order valence-electron chi connectivity index (χ4n) is 1.11. The van der Waals surface area contributed by atoms with Crippen LogP contribution in [0.3, 0.4) is 0 Å². The number of carbonyl (C=O) groups excluding carboxylic acids is 1. The predicted octanol–water partition coefficient (Wildman–Crippen LogP) is 1.93. The van der Waals surface area contributed by atoms with E-state index in [0.717, 1.165) is 13.1 Å². The van der Waals surface area contributed by atoms with Gasteiger partial charge in [0, 0.05) is 26.7 Å². The molecule has 0 aromatic heterocycles. The van der Waals surface area contributed by atoms with Crippen molar-refractivity contribution in [2.45, 2.75) is 26.4 Å². The standard InChI is InChI=1S/C8H18N2O2.C6H14FN/c1-5-12-8(11)10(4)7-6-9(2)3;1-6(7)4-5-8(2)3/h5-7H2,1-4H3;6H,4-5H2,1-3H3. The van der Waals surface area contributed by atoms with Gasteiger partial charge in [0.15, 0.2) is 0 Å². The SMILES string of the molecule is CC(F)CCN(C)C.CCOC(=O)N(C)CCN(C)C. The lowest BCUT2D eigenvalue weighted by molar-refractivity contribution is 0.114. The summed E-state index contributed by atoms with van der Waals surface area (Å²) in [5, 5.41) is 0. The van der Waals surface area contributed by atoms with Gasteiger partial charge in [-0.3, -0.25) is 0 Å². The van der Waals surface area contributed by atoms with Gasteiger partial charge in [0.25, 0.3) is 0 Å². The third-order valence-electron chi connectivity index (χ3n) is 2.44. The third kappa shape index (κ3) is 17.1. The first-order valence-corrected chi connectivity index (χ1v) is 7.02. The monoisotopic (exact) mass is 293 g/mol. The summed E-state index contributed by atoms with van der Waals surface area (Å²) >= 11 is 0. The zero-order valence-electron chi connectivity index (χ0n) is 14.1. The molecule has 0 saturated carbocycles. The molecule has 1 unspecified atom stereocenters. The molecular formula is C14H32FN3O2. The number of hydrogen-bond donors (Lipinski definition) is 0. The Morgan fingerprint density at radius 1 is 1.05 bits per heavy atom. The summed E-state index contributed by atoms with van der Waals surface area (Å²) in [6, 6.07) is 0. The van der Waals surface area contributed by atoms with E-state index in [2.05, 4.69) is 0 Å². The highest BCUT2D eigenvalue weighted by Gasteiger charge is 2.07. The lowest BCUT2D eigenvalue weighted by Crippen LogP contribution is -2.33. The van der Waals surface area contributed by atoms with Crippen LogP contribution in [0.15, 0.2) is 0 Å². The second-order valence-corrected chi connectivity index (χ2v) is 5.30. The second-order valence-electron chi connectivity index (χ2n) is 5.30. The molecular weight excluding hydrogens is 261 g/mol. The van der Waals surface area contributed by atoms with Crippen molar-refractivity contribution in [1.29, 1.82) is 0 Å². The van der Waals surface area contributed by atoms with Gasteiger partial charge in [0.1, 0.15) is 0 Å². The van der Waals surface area contributed by atoms with E-state index in [4.69, 9.17) is 4.74 Å². The number of ether oxygens (including phenoxy) is 1. The van der Waals surface area contributed by atoms with Crippen LogP contribution in [0.25, 0.3) is 0 Å². The van der Waals surface area contributed by atoms with Crippen LogP contribution in [0.1, 0.15) is 20.3 Å². The smallest absolute Gasteiger partial charge is 0.409 e. The molecule has 5 nitrogen and oxygen atoms in total. The first kappa shape index (κ1) is 21.4. The van der Waals surface area contributed by atoms with Crippen LogP contribution in [0.2, 0.25) is 0 Å². The first-order valence-electron chi connectivity index (χ1n) is 7.02. The van der Waals surface area contributed by atoms with Crippen molar-refractivity contribution < 1.29 is 13.9 Å². The summed E-state index contributed by atoms with van der Waals surface area (Å²) in [5.41, 5.74) is 0. The Morgan fingerprint density at radius 3 is 1.85 bits per heavy atom. The van der Waals surface area contributed by atoms with Gasteiger partial charge in [-0.25, -0.2) is 9.18 Å². The molecule has 0 aliphatic rings. The normalized spacial score (nSPS) is 11.9. The number of amides is 1. The number of alkyl halides is 1. The Kier molecular flexibility index (Phi) is 14.1. The van der Waals surface area contributed by atoms with Gasteiger partial charge in [0.05, 0.1) is 12.8 Å². The molecule has 20 heavy (non-hydrogen) atoms. The Bertz CT molecular complexity index is 228. The van der Waals surface area contributed by atoms with Crippen LogP contribution >= 0.6 is 0 Å². The molecule has 0 aromatic carbocycles. The number of carbonyl (C=O) groups is 1. The van der Waals surface area contributed by atoms with Crippen molar-refractivity contribution in [3.05, 3.63) is 0 Å². The van der Waals surface area contributed by atoms with Gasteiger partial charge < -0.3 is 19.4 Å². The summed E-state index contributed by atoms with van der Waals surface area (Å²) in [6.45, 7) is 6.23. The van der Waals surface area contributed by atoms with Gasteiger partial charge in [0.2, 0.25) is 0 Å². The average Bonchev–Trinajstić information content (AvgIpc) is 2.34. The van der Waals surface area contributed by atoms with Crippen LogP contribution in [0.5, 0.6) is 0 Å². The Hall–Kier alpha value is -0.880. The van der Waals surface area contributed by atoms with Crippen LogP contribution in [0, 0.1) is 0 Å². The molecule has 6 heteroatoms. The molecule has 0 N–H and O–H groups in total. The largest absolute Gasteiger partial charge is 0.450 e. The van der Waals surface area contributed by atoms with Gasteiger partial charge in [-0.05, 0) is 48.5 Å². The van der Waals surface area contributed by atoms with Gasteiger partial charge in [-0.1, -0.05) is 0 Å². The molecule has 1 atom stereocenters. The average molecular weight is 293 g/mol. The quantitative estimate of drug-likeness (QED) is 0.718. The minimum absolute atomic E-state index is 0.251. The lowest BCUT2D eigenvalue weighted by Gasteiger charge is -2.18. The molecule has 0 rings (SSSR count). The first-order chi connectivity index (χ1) is 9.20. The van der Waals surface area contributed by atoms with Crippen LogP contribution < -0.4 is 0 Å². The van der Waals surface area contributed by atoms with E-state index in [1.165, 1.54) is 0 Å². The van der Waals surface area contributed by atoms with E-state index in [1.807, 2.05) is 38.0 Å². The molecule has 0 aromatic rings. The van der Waals surface area contributed by atoms with Crippen molar-refractivity contribution >= 4 is 6.09 Å². The van der Waals surface area contributed by atoms with Gasteiger partial charge in [-0.15, -0.1) is 0 Å². The number of rotatable bonds is 7. The maximum absolute atomic E-state index is 12.0. The highest BCUT2D eigenvalue weighted by atomic mass is 19.1. The number of halogens is 1. The fraction of sp³-hybridized carbons (Fsp3) is 0.929. The topological polar surface area (TPSA) is 36.0 Å². The molecule has 1 amide bonds. The van der Waals surface area contributed by atoms with Gasteiger partial charge >= 0.3 is 6.09 Å². The van der Waals surface area contributed by atoms with E-state index in [0.29, 0.717) is 19.6 Å². The van der Waals surface area contributed by atoms with Crippen molar-refractivity contribution in [1.82, 2.24) is 14.7 Å². The zero-order chi connectivity index (χ0) is 16.1. The maximum atomic E-state index is 12.0. The minimum Gasteiger partial charge on any atom is -0.450 e. The fourth-order valence-corrected chi connectivity index (χ4v) is 1.11. The van der Waals surface area contributed by atoms with E-state index < -0.39 is 6.17 Å². The van der Waals surface area contributed by atoms with Crippen molar-refractivity contribution in [3.8, 4) is 0 Å². The summed E-state index contributed by atoms with van der Waals surface area (Å²) in [6.07, 6.45) is -0.260. The zero-order valence-corrected chi connectivity index (χ0v) is 14.1. The van der Waals surface area contributed by atoms with Crippen LogP contribution in [-0.2, 0) is 4.74 Å². The van der Waals surface area contributed by atoms with Crippen molar-refractivity contribution in [2.75, 3.05) is 61.5 Å². The molecule has 0 saturated heterocycles.